The van der Waals surface area contributed by atoms with Gasteiger partial charge in [-0.1, -0.05) is 18.2 Å². The van der Waals surface area contributed by atoms with E-state index in [1.165, 1.54) is 12.8 Å². The van der Waals surface area contributed by atoms with Gasteiger partial charge in [-0.15, -0.1) is 0 Å². The molecule has 1 aromatic carbocycles. The fraction of sp³-hybridized carbons (Fsp3) is 0.429. The molecule has 1 fully saturated rings. The maximum absolute atomic E-state index is 13.1. The van der Waals surface area contributed by atoms with Crippen molar-refractivity contribution < 1.29 is 14.3 Å². The predicted molar refractivity (Wildman–Crippen MR) is 106 cm³/mol. The quantitative estimate of drug-likeness (QED) is 0.648. The third-order valence-electron chi connectivity index (χ3n) is 5.44. The Morgan fingerprint density at radius 2 is 1.70 bits per heavy atom. The van der Waals surface area contributed by atoms with Crippen LogP contribution in [0.4, 0.5) is 5.69 Å². The summed E-state index contributed by atoms with van der Waals surface area (Å²) in [5.41, 5.74) is 3.52. The Balaban J connectivity index is 1.69. The van der Waals surface area contributed by atoms with Gasteiger partial charge in [-0.05, 0) is 38.5 Å². The summed E-state index contributed by atoms with van der Waals surface area (Å²) in [5.74, 6) is -0.400. The molecule has 0 aliphatic carbocycles. The van der Waals surface area contributed by atoms with Gasteiger partial charge in [0.1, 0.15) is 0 Å². The zero-order valence-electron chi connectivity index (χ0n) is 16.4. The molecule has 6 nitrogen and oxygen atoms in total. The zero-order chi connectivity index (χ0) is 19.6. The van der Waals surface area contributed by atoms with Gasteiger partial charge in [0.25, 0.3) is 0 Å². The normalized spacial score (nSPS) is 16.2. The number of aromatic amines is 1. The third-order valence-corrected chi connectivity index (χ3v) is 5.44. The van der Waals surface area contributed by atoms with Crippen molar-refractivity contribution in [1.82, 2.24) is 9.88 Å². The number of aromatic nitrogens is 1. The van der Waals surface area contributed by atoms with Crippen LogP contribution in [-0.4, -0.2) is 61.0 Å². The number of anilines is 1. The Kier molecular flexibility index (Phi) is 5.65. The second-order valence-electron chi connectivity index (χ2n) is 7.02. The fourth-order valence-corrected chi connectivity index (χ4v) is 3.79. The highest BCUT2D eigenvalue weighted by Gasteiger charge is 2.30. The summed E-state index contributed by atoms with van der Waals surface area (Å²) in [6.07, 6.45) is 0. The van der Waals surface area contributed by atoms with Gasteiger partial charge >= 0.3 is 5.97 Å². The van der Waals surface area contributed by atoms with E-state index in [4.69, 9.17) is 4.74 Å². The summed E-state index contributed by atoms with van der Waals surface area (Å²) in [4.78, 5) is 32.7. The summed E-state index contributed by atoms with van der Waals surface area (Å²) >= 11 is 0. The van der Waals surface area contributed by atoms with Crippen molar-refractivity contribution in [1.29, 1.82) is 0 Å². The molecular weight excluding hydrogens is 342 g/mol. The molecule has 1 saturated heterocycles. The highest BCUT2D eigenvalue weighted by molar-refractivity contribution is 6.03. The fourth-order valence-electron chi connectivity index (χ4n) is 3.79. The largest absolute Gasteiger partial charge is 0.465 e. The minimum absolute atomic E-state index is 0.0129. The maximum Gasteiger partial charge on any atom is 0.339 e. The minimum atomic E-state index is -0.413. The van der Waals surface area contributed by atoms with Crippen LogP contribution in [0.25, 0.3) is 0 Å². The number of methoxy groups -OCH3 is 1. The molecule has 27 heavy (non-hydrogen) atoms. The molecular formula is C21H27N3O3. The minimum Gasteiger partial charge on any atom is -0.465 e. The number of Topliss-reactive ketones (excluding diaryl/α,β-unsaturated/α-hetero) is 1. The van der Waals surface area contributed by atoms with E-state index >= 15 is 0 Å². The molecule has 1 aromatic heterocycles. The molecule has 2 heterocycles. The average Bonchev–Trinajstić information content (AvgIpc) is 3.01. The molecule has 6 heteroatoms. The van der Waals surface area contributed by atoms with Gasteiger partial charge in [0.05, 0.1) is 24.4 Å². The Bertz CT molecular complexity index is 821. The Hall–Kier alpha value is -2.60. The van der Waals surface area contributed by atoms with Gasteiger partial charge in [0, 0.05) is 37.6 Å². The lowest BCUT2D eigenvalue weighted by molar-refractivity contribution is 0.0599. The molecule has 2 aromatic rings. The first-order valence-electron chi connectivity index (χ1n) is 9.29. The van der Waals surface area contributed by atoms with E-state index in [9.17, 15) is 9.59 Å². The first-order valence-corrected chi connectivity index (χ1v) is 9.29. The van der Waals surface area contributed by atoms with Gasteiger partial charge in [-0.25, -0.2) is 4.79 Å². The SMILES string of the molecule is COC(=O)c1c(C)[nH]c(C(=O)[C@@H](C)N2CCN(c3ccccc3)CC2)c1C. The lowest BCUT2D eigenvalue weighted by Crippen LogP contribution is -2.51. The lowest BCUT2D eigenvalue weighted by Gasteiger charge is -2.38. The van der Waals surface area contributed by atoms with Crippen LogP contribution >= 0.6 is 0 Å². The molecule has 1 aliphatic heterocycles. The molecule has 144 valence electrons. The molecule has 0 unspecified atom stereocenters. The van der Waals surface area contributed by atoms with E-state index in [0.29, 0.717) is 22.5 Å². The van der Waals surface area contributed by atoms with Gasteiger partial charge in [0.2, 0.25) is 0 Å². The van der Waals surface area contributed by atoms with Crippen molar-refractivity contribution >= 4 is 17.4 Å². The number of ether oxygens (including phenoxy) is 1. The van der Waals surface area contributed by atoms with E-state index in [0.717, 1.165) is 26.2 Å². The van der Waals surface area contributed by atoms with Crippen molar-refractivity contribution in [2.75, 3.05) is 38.2 Å². The number of hydrogen-bond acceptors (Lipinski definition) is 5. The number of para-hydroxylation sites is 1. The highest BCUT2D eigenvalue weighted by atomic mass is 16.5. The van der Waals surface area contributed by atoms with Crippen molar-refractivity contribution in [2.24, 2.45) is 0 Å². The average molecular weight is 369 g/mol. The van der Waals surface area contributed by atoms with Gasteiger partial charge in [-0.2, -0.15) is 0 Å². The molecule has 0 radical (unpaired) electrons. The number of ketones is 1. The van der Waals surface area contributed by atoms with E-state index in [2.05, 4.69) is 26.9 Å². The van der Waals surface area contributed by atoms with Crippen LogP contribution in [-0.2, 0) is 4.74 Å². The number of nitrogens with one attached hydrogen (secondary N) is 1. The number of nitrogens with zero attached hydrogens (tertiary/aromatic N) is 2. The molecule has 0 bridgehead atoms. The van der Waals surface area contributed by atoms with E-state index in [-0.39, 0.29) is 11.8 Å². The van der Waals surface area contributed by atoms with Crippen LogP contribution in [0.15, 0.2) is 30.3 Å². The van der Waals surface area contributed by atoms with Crippen LogP contribution in [0, 0.1) is 13.8 Å². The standard InChI is InChI=1S/C21H27N3O3/c1-14-18(21(26)27-4)15(2)22-19(14)20(25)16(3)23-10-12-24(13-11-23)17-8-6-5-7-9-17/h5-9,16,22H,10-13H2,1-4H3/t16-/m1/s1. The van der Waals surface area contributed by atoms with Crippen LogP contribution in [0.1, 0.15) is 39.0 Å². The number of H-pyrrole nitrogens is 1. The molecule has 3 rings (SSSR count). The Morgan fingerprint density at radius 3 is 2.30 bits per heavy atom. The second-order valence-corrected chi connectivity index (χ2v) is 7.02. The first kappa shape index (κ1) is 19.2. The van der Waals surface area contributed by atoms with Gasteiger partial charge < -0.3 is 14.6 Å². The number of esters is 1. The smallest absolute Gasteiger partial charge is 0.339 e. The van der Waals surface area contributed by atoms with E-state index in [1.807, 2.05) is 25.1 Å². The highest BCUT2D eigenvalue weighted by Crippen LogP contribution is 2.22. The number of carbonyl (C=O) groups is 2. The lowest BCUT2D eigenvalue weighted by atomic mass is 10.0. The van der Waals surface area contributed by atoms with Crippen LogP contribution in [0.3, 0.4) is 0 Å². The van der Waals surface area contributed by atoms with Crippen molar-refractivity contribution in [3.05, 3.63) is 52.8 Å². The second kappa shape index (κ2) is 7.96. The van der Waals surface area contributed by atoms with Crippen LogP contribution in [0.2, 0.25) is 0 Å². The molecule has 1 N–H and O–H groups in total. The number of piperazine rings is 1. The number of aryl methyl sites for hydroxylation is 1. The molecule has 0 spiro atoms. The van der Waals surface area contributed by atoms with Crippen molar-refractivity contribution in [3.63, 3.8) is 0 Å². The summed E-state index contributed by atoms with van der Waals surface area (Å²) < 4.78 is 4.84. The van der Waals surface area contributed by atoms with E-state index in [1.54, 1.807) is 13.8 Å². The van der Waals surface area contributed by atoms with Crippen molar-refractivity contribution in [3.8, 4) is 0 Å². The molecule has 0 amide bonds. The van der Waals surface area contributed by atoms with Crippen LogP contribution < -0.4 is 4.90 Å². The number of carbonyl (C=O) groups excluding carboxylic acids is 2. The Morgan fingerprint density at radius 1 is 1.07 bits per heavy atom. The summed E-state index contributed by atoms with van der Waals surface area (Å²) in [7, 11) is 1.35. The zero-order valence-corrected chi connectivity index (χ0v) is 16.4. The van der Waals surface area contributed by atoms with E-state index < -0.39 is 5.97 Å². The summed E-state index contributed by atoms with van der Waals surface area (Å²) in [6, 6.07) is 10.1. The number of rotatable bonds is 5. The molecule has 1 aliphatic rings. The maximum atomic E-state index is 13.1. The number of hydrogen-bond donors (Lipinski definition) is 1. The summed E-state index contributed by atoms with van der Waals surface area (Å²) in [5, 5.41) is 0. The molecule has 1 atom stereocenters. The molecule has 0 saturated carbocycles. The predicted octanol–water partition coefficient (Wildman–Crippen LogP) is 2.81. The Labute approximate surface area is 160 Å². The topological polar surface area (TPSA) is 65.6 Å². The van der Waals surface area contributed by atoms with Gasteiger partial charge in [-0.3, -0.25) is 9.69 Å². The number of benzene rings is 1. The summed E-state index contributed by atoms with van der Waals surface area (Å²) in [6.45, 7) is 8.95. The monoisotopic (exact) mass is 369 g/mol. The third kappa shape index (κ3) is 3.76. The van der Waals surface area contributed by atoms with Gasteiger partial charge in [0.15, 0.2) is 5.78 Å². The van der Waals surface area contributed by atoms with Crippen LogP contribution in [0.5, 0.6) is 0 Å². The van der Waals surface area contributed by atoms with Crippen molar-refractivity contribution in [2.45, 2.75) is 26.8 Å². The first-order chi connectivity index (χ1) is 12.9.